The summed E-state index contributed by atoms with van der Waals surface area (Å²) in [5.74, 6) is 3.90. The maximum Gasteiger partial charge on any atom is 0.122 e. The van der Waals surface area contributed by atoms with Crippen molar-refractivity contribution >= 4 is 0 Å². The first kappa shape index (κ1) is 10.1. The molecule has 0 spiro atoms. The largest absolute Gasteiger partial charge is 0.493 e. The van der Waals surface area contributed by atoms with E-state index in [4.69, 9.17) is 16.9 Å². The molecule has 0 aliphatic carbocycles. The van der Waals surface area contributed by atoms with Gasteiger partial charge in [-0.05, 0) is 12.5 Å². The maximum absolute atomic E-state index is 6.10. The molecule has 0 aromatic heterocycles. The molecule has 2 N–H and O–H groups in total. The molecule has 1 heterocycles. The number of hydrogen-bond donors (Lipinski definition) is 1. The number of rotatable bonds is 3. The fourth-order valence-corrected chi connectivity index (χ4v) is 1.99. The van der Waals surface area contributed by atoms with Crippen LogP contribution in [0.15, 0.2) is 24.3 Å². The Morgan fingerprint density at radius 3 is 3.13 bits per heavy atom. The van der Waals surface area contributed by atoms with Gasteiger partial charge in [-0.1, -0.05) is 18.2 Å². The van der Waals surface area contributed by atoms with Gasteiger partial charge in [0.15, 0.2) is 0 Å². The number of para-hydroxylation sites is 1. The Labute approximate surface area is 90.4 Å². The van der Waals surface area contributed by atoms with Gasteiger partial charge in [-0.3, -0.25) is 0 Å². The van der Waals surface area contributed by atoms with Gasteiger partial charge >= 0.3 is 0 Å². The number of benzene rings is 1. The van der Waals surface area contributed by atoms with Crippen LogP contribution >= 0.6 is 0 Å². The lowest BCUT2D eigenvalue weighted by atomic mass is 9.91. The van der Waals surface area contributed by atoms with Crippen molar-refractivity contribution in [2.45, 2.75) is 24.8 Å². The number of ether oxygens (including phenoxy) is 1. The summed E-state index contributed by atoms with van der Waals surface area (Å²) < 4.78 is 5.58. The van der Waals surface area contributed by atoms with Crippen LogP contribution in [-0.2, 0) is 0 Å². The molecule has 0 saturated heterocycles. The highest BCUT2D eigenvalue weighted by molar-refractivity contribution is 5.40. The third-order valence-electron chi connectivity index (χ3n) is 2.88. The standard InChI is InChI=1S/C13H15NO/c1-2-3-7-12(14)11-9-15-13-8-5-4-6-10(11)13/h1,4-6,8,11-12H,3,7,9,14H2. The zero-order valence-corrected chi connectivity index (χ0v) is 8.65. The van der Waals surface area contributed by atoms with Crippen molar-refractivity contribution in [1.82, 2.24) is 0 Å². The van der Waals surface area contributed by atoms with Crippen molar-refractivity contribution in [3.05, 3.63) is 29.8 Å². The average Bonchev–Trinajstić information content (AvgIpc) is 2.69. The van der Waals surface area contributed by atoms with Crippen molar-refractivity contribution in [3.63, 3.8) is 0 Å². The Kier molecular flexibility index (Phi) is 2.94. The second kappa shape index (κ2) is 4.37. The van der Waals surface area contributed by atoms with Crippen LogP contribution in [0.5, 0.6) is 5.75 Å². The van der Waals surface area contributed by atoms with E-state index in [1.807, 2.05) is 18.2 Å². The molecule has 0 bridgehead atoms. The van der Waals surface area contributed by atoms with Gasteiger partial charge in [-0.15, -0.1) is 12.3 Å². The van der Waals surface area contributed by atoms with Gasteiger partial charge in [0.1, 0.15) is 5.75 Å². The van der Waals surface area contributed by atoms with E-state index in [0.29, 0.717) is 12.5 Å². The quantitative estimate of drug-likeness (QED) is 0.758. The molecule has 1 aliphatic heterocycles. The first-order chi connectivity index (χ1) is 7.33. The maximum atomic E-state index is 6.10. The number of fused-ring (bicyclic) bond motifs is 1. The van der Waals surface area contributed by atoms with E-state index >= 15 is 0 Å². The van der Waals surface area contributed by atoms with Gasteiger partial charge in [0.25, 0.3) is 0 Å². The molecular weight excluding hydrogens is 186 g/mol. The molecule has 2 atom stereocenters. The minimum absolute atomic E-state index is 0.102. The molecule has 0 saturated carbocycles. The van der Waals surface area contributed by atoms with Crippen LogP contribution in [0.25, 0.3) is 0 Å². The van der Waals surface area contributed by atoms with Gasteiger partial charge in [-0.2, -0.15) is 0 Å². The average molecular weight is 201 g/mol. The van der Waals surface area contributed by atoms with Crippen LogP contribution < -0.4 is 10.5 Å². The summed E-state index contributed by atoms with van der Waals surface area (Å²) in [6, 6.07) is 8.18. The van der Waals surface area contributed by atoms with E-state index < -0.39 is 0 Å². The molecule has 2 heteroatoms. The Balaban J connectivity index is 2.10. The number of hydrogen-bond acceptors (Lipinski definition) is 2. The number of nitrogens with two attached hydrogens (primary N) is 1. The molecule has 1 aliphatic rings. The van der Waals surface area contributed by atoms with Crippen molar-refractivity contribution in [3.8, 4) is 18.1 Å². The van der Waals surface area contributed by atoms with Crippen molar-refractivity contribution < 1.29 is 4.74 Å². The zero-order valence-electron chi connectivity index (χ0n) is 8.65. The van der Waals surface area contributed by atoms with Crippen LogP contribution in [0.1, 0.15) is 24.3 Å². The molecule has 0 radical (unpaired) electrons. The van der Waals surface area contributed by atoms with Crippen molar-refractivity contribution in [2.24, 2.45) is 5.73 Å². The second-order valence-electron chi connectivity index (χ2n) is 3.86. The molecular formula is C13H15NO. The van der Waals surface area contributed by atoms with Crippen LogP contribution in [0.2, 0.25) is 0 Å². The van der Waals surface area contributed by atoms with Crippen molar-refractivity contribution in [1.29, 1.82) is 0 Å². The van der Waals surface area contributed by atoms with E-state index in [-0.39, 0.29) is 6.04 Å². The Morgan fingerprint density at radius 2 is 2.33 bits per heavy atom. The monoisotopic (exact) mass is 201 g/mol. The van der Waals surface area contributed by atoms with E-state index in [0.717, 1.165) is 18.6 Å². The summed E-state index contributed by atoms with van der Waals surface area (Å²) in [5, 5.41) is 0. The Morgan fingerprint density at radius 1 is 1.53 bits per heavy atom. The molecule has 1 aromatic carbocycles. The fraction of sp³-hybridized carbons (Fsp3) is 0.385. The molecule has 0 amide bonds. The lowest BCUT2D eigenvalue weighted by Gasteiger charge is -2.16. The first-order valence-corrected chi connectivity index (χ1v) is 5.23. The van der Waals surface area contributed by atoms with Crippen LogP contribution in [0.4, 0.5) is 0 Å². The summed E-state index contributed by atoms with van der Waals surface area (Å²) in [6.45, 7) is 0.686. The smallest absolute Gasteiger partial charge is 0.122 e. The summed E-state index contributed by atoms with van der Waals surface area (Å²) in [4.78, 5) is 0. The van der Waals surface area contributed by atoms with Gasteiger partial charge in [0.2, 0.25) is 0 Å². The summed E-state index contributed by atoms with van der Waals surface area (Å²) in [7, 11) is 0. The summed E-state index contributed by atoms with van der Waals surface area (Å²) in [5.41, 5.74) is 7.33. The topological polar surface area (TPSA) is 35.2 Å². The molecule has 2 unspecified atom stereocenters. The van der Waals surface area contributed by atoms with Gasteiger partial charge < -0.3 is 10.5 Å². The SMILES string of the molecule is C#CCCC(N)C1COc2ccccc21. The van der Waals surface area contributed by atoms with E-state index in [1.165, 1.54) is 5.56 Å². The molecule has 15 heavy (non-hydrogen) atoms. The van der Waals surface area contributed by atoms with Crippen molar-refractivity contribution in [2.75, 3.05) is 6.61 Å². The second-order valence-corrected chi connectivity index (χ2v) is 3.86. The third-order valence-corrected chi connectivity index (χ3v) is 2.88. The third kappa shape index (κ3) is 1.98. The summed E-state index contributed by atoms with van der Waals surface area (Å²) in [6.07, 6.45) is 6.83. The molecule has 2 rings (SSSR count). The van der Waals surface area contributed by atoms with Crippen LogP contribution in [0.3, 0.4) is 0 Å². The fourth-order valence-electron chi connectivity index (χ4n) is 1.99. The van der Waals surface area contributed by atoms with E-state index in [9.17, 15) is 0 Å². The lowest BCUT2D eigenvalue weighted by molar-refractivity contribution is 0.310. The molecule has 78 valence electrons. The van der Waals surface area contributed by atoms with Crippen LogP contribution in [0, 0.1) is 12.3 Å². The van der Waals surface area contributed by atoms with E-state index in [2.05, 4.69) is 12.0 Å². The minimum atomic E-state index is 0.102. The zero-order chi connectivity index (χ0) is 10.7. The highest BCUT2D eigenvalue weighted by Crippen LogP contribution is 2.35. The van der Waals surface area contributed by atoms with Gasteiger partial charge in [0.05, 0.1) is 6.61 Å². The Bertz CT molecular complexity index is 380. The normalized spacial score (nSPS) is 20.1. The molecule has 0 fully saturated rings. The lowest BCUT2D eigenvalue weighted by Crippen LogP contribution is -2.29. The predicted octanol–water partition coefficient (Wildman–Crippen LogP) is 1.90. The minimum Gasteiger partial charge on any atom is -0.493 e. The highest BCUT2D eigenvalue weighted by Gasteiger charge is 2.28. The Hall–Kier alpha value is -1.46. The number of terminal acetylenes is 1. The molecule has 1 aromatic rings. The predicted molar refractivity (Wildman–Crippen MR) is 60.7 cm³/mol. The van der Waals surface area contributed by atoms with E-state index in [1.54, 1.807) is 0 Å². The highest BCUT2D eigenvalue weighted by atomic mass is 16.5. The first-order valence-electron chi connectivity index (χ1n) is 5.23. The summed E-state index contributed by atoms with van der Waals surface area (Å²) >= 11 is 0. The molecule has 2 nitrogen and oxygen atoms in total. The van der Waals surface area contributed by atoms with Gasteiger partial charge in [-0.25, -0.2) is 0 Å². The van der Waals surface area contributed by atoms with Crippen LogP contribution in [-0.4, -0.2) is 12.6 Å². The van der Waals surface area contributed by atoms with Gasteiger partial charge in [0, 0.05) is 23.9 Å².